The first-order chi connectivity index (χ1) is 11.0. The number of hydrogen-bond acceptors (Lipinski definition) is 4. The topological polar surface area (TPSA) is 45.5 Å². The van der Waals surface area contributed by atoms with Crippen LogP contribution in [0.4, 0.5) is 26.3 Å². The number of nitrogens with zero attached hydrogens (tertiary/aromatic N) is 2. The Kier molecular flexibility index (Phi) is 4.80. The molecule has 2 rings (SSSR count). The maximum absolute atomic E-state index is 13.5. The van der Waals surface area contributed by atoms with Crippen molar-refractivity contribution in [2.24, 2.45) is 5.41 Å². The first-order valence-electron chi connectivity index (χ1n) is 7.33. The summed E-state index contributed by atoms with van der Waals surface area (Å²) in [6.07, 6.45) is -14.2. The van der Waals surface area contributed by atoms with E-state index in [0.717, 1.165) is 11.0 Å². The maximum Gasteiger partial charge on any atom is 0.416 e. The van der Waals surface area contributed by atoms with E-state index in [1.165, 1.54) is 6.92 Å². The van der Waals surface area contributed by atoms with Gasteiger partial charge in [0.15, 0.2) is 5.41 Å². The molecule has 0 aromatic heterocycles. The number of ether oxygens (including phenoxy) is 2. The third kappa shape index (κ3) is 2.73. The number of fused-ring (bicyclic) bond motifs is 1. The molecule has 2 heterocycles. The Balaban J connectivity index is 2.63. The number of nitriles is 1. The molecule has 0 bridgehead atoms. The second-order valence-electron chi connectivity index (χ2n) is 5.47. The summed E-state index contributed by atoms with van der Waals surface area (Å²) >= 11 is 0. The zero-order valence-electron chi connectivity index (χ0n) is 13.0. The van der Waals surface area contributed by atoms with E-state index in [4.69, 9.17) is 14.7 Å². The highest BCUT2D eigenvalue weighted by atomic mass is 19.4. The van der Waals surface area contributed by atoms with Crippen molar-refractivity contribution in [1.29, 1.82) is 5.26 Å². The van der Waals surface area contributed by atoms with Gasteiger partial charge in [0.05, 0.1) is 11.6 Å². The van der Waals surface area contributed by atoms with Crippen LogP contribution in [0.2, 0.25) is 0 Å². The van der Waals surface area contributed by atoms with Crippen LogP contribution in [0, 0.1) is 16.7 Å². The van der Waals surface area contributed by atoms with Gasteiger partial charge in [-0.05, 0) is 13.8 Å². The van der Waals surface area contributed by atoms with Crippen molar-refractivity contribution in [2.45, 2.75) is 51.5 Å². The molecule has 4 nitrogen and oxygen atoms in total. The molecule has 0 spiro atoms. The Bertz CT molecular complexity index is 565. The molecule has 1 saturated heterocycles. The van der Waals surface area contributed by atoms with Gasteiger partial charge in [-0.2, -0.15) is 31.6 Å². The summed E-state index contributed by atoms with van der Waals surface area (Å²) in [6.45, 7) is 3.33. The van der Waals surface area contributed by atoms with Gasteiger partial charge in [0.25, 0.3) is 0 Å². The normalized spacial score (nSPS) is 30.7. The number of rotatable bonds is 4. The number of hydrogen-bond donors (Lipinski definition) is 0. The van der Waals surface area contributed by atoms with Crippen LogP contribution in [0.25, 0.3) is 0 Å². The first-order valence-corrected chi connectivity index (χ1v) is 7.33. The Morgan fingerprint density at radius 1 is 1.12 bits per heavy atom. The summed E-state index contributed by atoms with van der Waals surface area (Å²) in [5, 5.41) is 9.08. The van der Waals surface area contributed by atoms with E-state index in [0.29, 0.717) is 0 Å². The molecule has 0 N–H and O–H groups in total. The molecule has 0 radical (unpaired) electrons. The van der Waals surface area contributed by atoms with Crippen LogP contribution in [0.3, 0.4) is 0 Å². The smallest absolute Gasteiger partial charge is 0.359 e. The Morgan fingerprint density at radius 3 is 2.08 bits per heavy atom. The Labute approximate surface area is 134 Å². The van der Waals surface area contributed by atoms with Crippen molar-refractivity contribution in [3.8, 4) is 6.07 Å². The Hall–Kier alpha value is -1.47. The quantitative estimate of drug-likeness (QED) is 0.719. The van der Waals surface area contributed by atoms with Gasteiger partial charge in [-0.15, -0.1) is 0 Å². The van der Waals surface area contributed by atoms with Gasteiger partial charge in [-0.1, -0.05) is 0 Å². The number of allylic oxidation sites excluding steroid dienone is 1. The van der Waals surface area contributed by atoms with Crippen LogP contribution in [-0.4, -0.2) is 42.9 Å². The van der Waals surface area contributed by atoms with Crippen molar-refractivity contribution < 1.29 is 35.8 Å². The molecule has 0 aliphatic carbocycles. The van der Waals surface area contributed by atoms with Crippen molar-refractivity contribution in [3.05, 3.63) is 11.3 Å². The predicted octanol–water partition coefficient (Wildman–Crippen LogP) is 3.71. The fourth-order valence-electron chi connectivity index (χ4n) is 3.22. The summed E-state index contributed by atoms with van der Waals surface area (Å²) < 4.78 is 91.2. The average Bonchev–Trinajstić information content (AvgIpc) is 2.41. The van der Waals surface area contributed by atoms with E-state index in [1.807, 2.05) is 0 Å². The van der Waals surface area contributed by atoms with E-state index < -0.39 is 47.9 Å². The predicted molar refractivity (Wildman–Crippen MR) is 69.1 cm³/mol. The minimum atomic E-state index is -5.38. The molecular weight excluding hydrogens is 342 g/mol. The molecule has 136 valence electrons. The van der Waals surface area contributed by atoms with E-state index in [-0.39, 0.29) is 19.6 Å². The molecule has 10 heteroatoms. The molecule has 1 fully saturated rings. The second kappa shape index (κ2) is 6.11. The molecule has 3 atom stereocenters. The van der Waals surface area contributed by atoms with Crippen molar-refractivity contribution in [3.63, 3.8) is 0 Å². The van der Waals surface area contributed by atoms with E-state index in [9.17, 15) is 26.3 Å². The van der Waals surface area contributed by atoms with Gasteiger partial charge >= 0.3 is 12.4 Å². The largest absolute Gasteiger partial charge is 0.416 e. The lowest BCUT2D eigenvalue weighted by Crippen LogP contribution is -2.63. The third-order valence-corrected chi connectivity index (χ3v) is 4.17. The van der Waals surface area contributed by atoms with E-state index >= 15 is 0 Å². The zero-order chi connectivity index (χ0) is 18.3. The lowest BCUT2D eigenvalue weighted by molar-refractivity contribution is -0.258. The zero-order valence-corrected chi connectivity index (χ0v) is 13.0. The van der Waals surface area contributed by atoms with E-state index in [1.54, 1.807) is 6.92 Å². The second-order valence-corrected chi connectivity index (χ2v) is 5.47. The highest BCUT2D eigenvalue weighted by Gasteiger charge is 2.70. The molecule has 2 aliphatic rings. The van der Waals surface area contributed by atoms with Crippen molar-refractivity contribution in [1.82, 2.24) is 4.90 Å². The fraction of sp³-hybridized carbons (Fsp3) is 0.786. The molecule has 0 aromatic carbocycles. The standard InChI is InChI=1S/C14H16F6N2O2/c1-3-23-9-5-8-11(13(15,16)17)12(7-21,14(18,19)20)6-10(22(8)9)24-4-2/h9-10H,3-6H2,1-2H3/t9-,10+,12-/m0/s1. The van der Waals surface area contributed by atoms with Crippen LogP contribution >= 0.6 is 0 Å². The lowest BCUT2D eigenvalue weighted by atomic mass is 9.70. The van der Waals surface area contributed by atoms with Crippen LogP contribution in [-0.2, 0) is 9.47 Å². The molecular formula is C14H16F6N2O2. The van der Waals surface area contributed by atoms with Crippen molar-refractivity contribution in [2.75, 3.05) is 13.2 Å². The van der Waals surface area contributed by atoms with Gasteiger partial charge in [-0.3, -0.25) is 0 Å². The van der Waals surface area contributed by atoms with Gasteiger partial charge in [0, 0.05) is 31.8 Å². The molecule has 0 saturated carbocycles. The van der Waals surface area contributed by atoms with E-state index in [2.05, 4.69) is 0 Å². The summed E-state index contributed by atoms with van der Waals surface area (Å²) in [7, 11) is 0. The van der Waals surface area contributed by atoms with Crippen LogP contribution in [0.5, 0.6) is 0 Å². The summed E-state index contributed by atoms with van der Waals surface area (Å²) in [6, 6.07) is 0.884. The number of halogens is 6. The SMILES string of the molecule is CCO[C@H]1CC2=C(C(F)(F)F)[C@](C#N)(C(F)(F)F)C[C@@H](OCC)N21. The maximum atomic E-state index is 13.5. The molecule has 24 heavy (non-hydrogen) atoms. The fourth-order valence-corrected chi connectivity index (χ4v) is 3.22. The lowest BCUT2D eigenvalue weighted by Gasteiger charge is -2.55. The third-order valence-electron chi connectivity index (χ3n) is 4.17. The summed E-state index contributed by atoms with van der Waals surface area (Å²) in [5.74, 6) is 0. The van der Waals surface area contributed by atoms with Crippen molar-refractivity contribution >= 4 is 0 Å². The van der Waals surface area contributed by atoms with Gasteiger partial charge in [0.2, 0.25) is 0 Å². The minimum absolute atomic E-state index is 0.00594. The highest BCUT2D eigenvalue weighted by Crippen LogP contribution is 2.60. The van der Waals surface area contributed by atoms with Gasteiger partial charge in [0.1, 0.15) is 12.5 Å². The molecule has 0 amide bonds. The molecule has 2 aliphatic heterocycles. The van der Waals surface area contributed by atoms with Gasteiger partial charge in [-0.25, -0.2) is 0 Å². The van der Waals surface area contributed by atoms with Crippen LogP contribution in [0.1, 0.15) is 26.7 Å². The molecule has 0 unspecified atom stereocenters. The van der Waals surface area contributed by atoms with Gasteiger partial charge < -0.3 is 14.4 Å². The monoisotopic (exact) mass is 358 g/mol. The highest BCUT2D eigenvalue weighted by molar-refractivity contribution is 5.40. The summed E-state index contributed by atoms with van der Waals surface area (Å²) in [4.78, 5) is 1.07. The Morgan fingerprint density at radius 2 is 1.67 bits per heavy atom. The number of alkyl halides is 6. The van der Waals surface area contributed by atoms with Crippen LogP contribution in [0.15, 0.2) is 11.3 Å². The summed E-state index contributed by atoms with van der Waals surface area (Å²) in [5.41, 5.74) is -6.07. The molecule has 0 aromatic rings. The average molecular weight is 358 g/mol. The van der Waals surface area contributed by atoms with Crippen LogP contribution < -0.4 is 0 Å². The first kappa shape index (κ1) is 18.9. The minimum Gasteiger partial charge on any atom is -0.359 e.